The molecule has 1 unspecified atom stereocenters. The predicted octanol–water partition coefficient (Wildman–Crippen LogP) is 1.65. The molecule has 1 atom stereocenters. The van der Waals surface area contributed by atoms with Crippen molar-refractivity contribution < 1.29 is 14.2 Å². The van der Waals surface area contributed by atoms with Gasteiger partial charge in [-0.2, -0.15) is 0 Å². The van der Waals surface area contributed by atoms with Crippen molar-refractivity contribution in [2.75, 3.05) is 26.9 Å². The quantitative estimate of drug-likeness (QED) is 0.666. The second-order valence-electron chi connectivity index (χ2n) is 3.62. The summed E-state index contributed by atoms with van der Waals surface area (Å²) in [5.41, 5.74) is 1.19. The van der Waals surface area contributed by atoms with Gasteiger partial charge >= 0.3 is 0 Å². The van der Waals surface area contributed by atoms with Crippen LogP contribution in [0.25, 0.3) is 0 Å². The number of benzene rings is 1. The normalized spacial score (nSPS) is 18.9. The van der Waals surface area contributed by atoms with E-state index in [0.29, 0.717) is 12.7 Å². The molecule has 0 radical (unpaired) electrons. The molecular weight excluding hydrogens is 192 g/mol. The summed E-state index contributed by atoms with van der Waals surface area (Å²) in [6, 6.07) is 8.07. The van der Waals surface area contributed by atoms with E-state index in [1.54, 1.807) is 7.11 Å². The highest BCUT2D eigenvalue weighted by atomic mass is 16.6. The first-order valence-electron chi connectivity index (χ1n) is 5.21. The first kappa shape index (κ1) is 10.5. The molecule has 1 aromatic carbocycles. The minimum absolute atomic E-state index is 0.306. The van der Waals surface area contributed by atoms with Gasteiger partial charge in [-0.25, -0.2) is 0 Å². The van der Waals surface area contributed by atoms with Crippen LogP contribution in [0.1, 0.15) is 5.56 Å². The van der Waals surface area contributed by atoms with Crippen molar-refractivity contribution in [1.29, 1.82) is 0 Å². The van der Waals surface area contributed by atoms with Crippen molar-refractivity contribution in [3.63, 3.8) is 0 Å². The monoisotopic (exact) mass is 208 g/mol. The van der Waals surface area contributed by atoms with Crippen LogP contribution < -0.4 is 4.74 Å². The van der Waals surface area contributed by atoms with Gasteiger partial charge in [0.25, 0.3) is 0 Å². The van der Waals surface area contributed by atoms with E-state index >= 15 is 0 Å². The molecule has 1 aliphatic rings. The zero-order valence-electron chi connectivity index (χ0n) is 8.94. The Morgan fingerprint density at radius 3 is 2.93 bits per heavy atom. The highest BCUT2D eigenvalue weighted by Crippen LogP contribution is 2.20. The molecule has 1 saturated heterocycles. The van der Waals surface area contributed by atoms with Crippen LogP contribution in [0.2, 0.25) is 0 Å². The Hall–Kier alpha value is -1.06. The first-order valence-corrected chi connectivity index (χ1v) is 5.21. The third kappa shape index (κ3) is 3.22. The van der Waals surface area contributed by atoms with E-state index < -0.39 is 0 Å². The zero-order valence-corrected chi connectivity index (χ0v) is 8.94. The number of epoxide rings is 1. The Labute approximate surface area is 90.0 Å². The second-order valence-corrected chi connectivity index (χ2v) is 3.62. The fourth-order valence-electron chi connectivity index (χ4n) is 1.41. The second kappa shape index (κ2) is 5.14. The van der Waals surface area contributed by atoms with Gasteiger partial charge in [0, 0.05) is 7.11 Å². The maximum absolute atomic E-state index is 5.68. The number of methoxy groups -OCH3 is 1. The molecule has 0 aliphatic carbocycles. The van der Waals surface area contributed by atoms with Crippen LogP contribution in [0, 0.1) is 0 Å². The summed E-state index contributed by atoms with van der Waals surface area (Å²) in [6.45, 7) is 2.21. The molecular formula is C12H16O3. The average Bonchev–Trinajstić information content (AvgIpc) is 3.08. The molecule has 0 saturated carbocycles. The maximum atomic E-state index is 5.68. The lowest BCUT2D eigenvalue weighted by Gasteiger charge is -2.09. The number of hydrogen-bond donors (Lipinski definition) is 0. The van der Waals surface area contributed by atoms with Crippen molar-refractivity contribution in [2.24, 2.45) is 0 Å². The Bertz CT molecular complexity index is 307. The smallest absolute Gasteiger partial charge is 0.122 e. The lowest BCUT2D eigenvalue weighted by Crippen LogP contribution is -2.06. The number of rotatable bonds is 6. The number of ether oxygens (including phenoxy) is 3. The molecule has 3 heteroatoms. The largest absolute Gasteiger partial charge is 0.491 e. The maximum Gasteiger partial charge on any atom is 0.122 e. The Balaban J connectivity index is 1.93. The molecule has 0 bridgehead atoms. The van der Waals surface area contributed by atoms with E-state index in [0.717, 1.165) is 25.4 Å². The van der Waals surface area contributed by atoms with Gasteiger partial charge in [-0.05, 0) is 18.1 Å². The van der Waals surface area contributed by atoms with Crippen LogP contribution in [-0.4, -0.2) is 33.0 Å². The highest BCUT2D eigenvalue weighted by Gasteiger charge is 2.23. The first-order chi connectivity index (χ1) is 7.40. The Kier molecular flexibility index (Phi) is 3.59. The summed E-state index contributed by atoms with van der Waals surface area (Å²) >= 11 is 0. The van der Waals surface area contributed by atoms with Crippen molar-refractivity contribution in [1.82, 2.24) is 0 Å². The summed E-state index contributed by atoms with van der Waals surface area (Å²) in [5.74, 6) is 0.949. The molecule has 0 N–H and O–H groups in total. The van der Waals surface area contributed by atoms with E-state index in [1.807, 2.05) is 18.2 Å². The van der Waals surface area contributed by atoms with E-state index in [2.05, 4.69) is 6.07 Å². The van der Waals surface area contributed by atoms with Crippen LogP contribution >= 0.6 is 0 Å². The van der Waals surface area contributed by atoms with E-state index in [-0.39, 0.29) is 0 Å². The molecule has 1 aromatic rings. The van der Waals surface area contributed by atoms with E-state index in [1.165, 1.54) is 5.56 Å². The van der Waals surface area contributed by atoms with Crippen LogP contribution in [0.15, 0.2) is 24.3 Å². The van der Waals surface area contributed by atoms with Gasteiger partial charge in [-0.1, -0.05) is 18.2 Å². The van der Waals surface area contributed by atoms with Gasteiger partial charge in [0.05, 0.1) is 13.2 Å². The summed E-state index contributed by atoms with van der Waals surface area (Å²) in [7, 11) is 1.71. The third-order valence-electron chi connectivity index (χ3n) is 2.38. The summed E-state index contributed by atoms with van der Waals surface area (Å²) in [6.07, 6.45) is 1.19. The molecule has 82 valence electrons. The van der Waals surface area contributed by atoms with Crippen LogP contribution in [0.5, 0.6) is 5.75 Å². The molecule has 0 aromatic heterocycles. The van der Waals surface area contributed by atoms with Gasteiger partial charge in [0.1, 0.15) is 18.5 Å². The fourth-order valence-corrected chi connectivity index (χ4v) is 1.41. The van der Waals surface area contributed by atoms with Gasteiger partial charge in [-0.15, -0.1) is 0 Å². The van der Waals surface area contributed by atoms with Gasteiger partial charge in [-0.3, -0.25) is 0 Å². The van der Waals surface area contributed by atoms with Gasteiger partial charge in [0.2, 0.25) is 0 Å². The molecule has 2 rings (SSSR count). The number of para-hydroxylation sites is 1. The highest BCUT2D eigenvalue weighted by molar-refractivity contribution is 5.33. The minimum Gasteiger partial charge on any atom is -0.491 e. The van der Waals surface area contributed by atoms with Crippen LogP contribution in [0.3, 0.4) is 0 Å². The minimum atomic E-state index is 0.306. The topological polar surface area (TPSA) is 31.0 Å². The molecule has 0 spiro atoms. The standard InChI is InChI=1S/C12H16O3/c1-13-7-6-10-4-2-3-5-12(10)15-9-11-8-14-11/h2-5,11H,6-9H2,1H3. The van der Waals surface area contributed by atoms with Gasteiger partial charge < -0.3 is 14.2 Å². The molecule has 0 amide bonds. The summed E-state index contributed by atoms with van der Waals surface area (Å²) < 4.78 is 15.8. The molecule has 1 aliphatic heterocycles. The van der Waals surface area contributed by atoms with Crippen molar-refractivity contribution in [3.8, 4) is 5.75 Å². The molecule has 15 heavy (non-hydrogen) atoms. The van der Waals surface area contributed by atoms with Gasteiger partial charge in [0.15, 0.2) is 0 Å². The SMILES string of the molecule is COCCc1ccccc1OCC1CO1. The third-order valence-corrected chi connectivity index (χ3v) is 2.38. The lowest BCUT2D eigenvalue weighted by atomic mass is 10.1. The molecule has 1 fully saturated rings. The predicted molar refractivity (Wildman–Crippen MR) is 57.3 cm³/mol. The average molecular weight is 208 g/mol. The molecule has 3 nitrogen and oxygen atoms in total. The number of hydrogen-bond acceptors (Lipinski definition) is 3. The zero-order chi connectivity index (χ0) is 10.5. The lowest BCUT2D eigenvalue weighted by molar-refractivity contribution is 0.200. The van der Waals surface area contributed by atoms with Crippen LogP contribution in [0.4, 0.5) is 0 Å². The van der Waals surface area contributed by atoms with E-state index in [9.17, 15) is 0 Å². The Morgan fingerprint density at radius 1 is 1.40 bits per heavy atom. The Morgan fingerprint density at radius 2 is 2.20 bits per heavy atom. The molecule has 1 heterocycles. The van der Waals surface area contributed by atoms with Crippen molar-refractivity contribution >= 4 is 0 Å². The van der Waals surface area contributed by atoms with Crippen LogP contribution in [-0.2, 0) is 15.9 Å². The van der Waals surface area contributed by atoms with Crippen molar-refractivity contribution in [3.05, 3.63) is 29.8 Å². The summed E-state index contributed by atoms with van der Waals surface area (Å²) in [5, 5.41) is 0. The summed E-state index contributed by atoms with van der Waals surface area (Å²) in [4.78, 5) is 0. The fraction of sp³-hybridized carbons (Fsp3) is 0.500. The van der Waals surface area contributed by atoms with Crippen molar-refractivity contribution in [2.45, 2.75) is 12.5 Å². The van der Waals surface area contributed by atoms with E-state index in [4.69, 9.17) is 14.2 Å².